The average molecular weight is 205 g/mol. The standard InChI is InChI=1S/C11H15N3O/c1-2-8-5-6-12-10(7-8)14-11(15)13-9-3-4-9/h5-7,9H,2-4H2,1H3,(H2,12,13,14,15). The minimum atomic E-state index is -0.154. The van der Waals surface area contributed by atoms with Gasteiger partial charge in [-0.1, -0.05) is 6.92 Å². The van der Waals surface area contributed by atoms with E-state index < -0.39 is 0 Å². The molecule has 0 spiro atoms. The van der Waals surface area contributed by atoms with E-state index in [9.17, 15) is 4.79 Å². The lowest BCUT2D eigenvalue weighted by atomic mass is 10.2. The van der Waals surface area contributed by atoms with Gasteiger partial charge in [0.15, 0.2) is 0 Å². The molecule has 0 saturated heterocycles. The molecule has 0 aliphatic heterocycles. The van der Waals surface area contributed by atoms with Gasteiger partial charge < -0.3 is 5.32 Å². The van der Waals surface area contributed by atoms with Crippen LogP contribution in [0.15, 0.2) is 18.3 Å². The minimum absolute atomic E-state index is 0.154. The van der Waals surface area contributed by atoms with Crippen molar-refractivity contribution in [3.63, 3.8) is 0 Å². The van der Waals surface area contributed by atoms with Gasteiger partial charge in [-0.25, -0.2) is 9.78 Å². The van der Waals surface area contributed by atoms with E-state index in [1.165, 1.54) is 5.56 Å². The summed E-state index contributed by atoms with van der Waals surface area (Å²) in [5.74, 6) is 0.618. The van der Waals surface area contributed by atoms with E-state index >= 15 is 0 Å². The zero-order valence-electron chi connectivity index (χ0n) is 8.79. The normalized spacial score (nSPS) is 14.7. The molecule has 2 rings (SSSR count). The van der Waals surface area contributed by atoms with Crippen molar-refractivity contribution in [1.82, 2.24) is 10.3 Å². The van der Waals surface area contributed by atoms with Gasteiger partial charge in [0, 0.05) is 12.2 Å². The van der Waals surface area contributed by atoms with Crippen LogP contribution in [-0.4, -0.2) is 17.1 Å². The van der Waals surface area contributed by atoms with E-state index in [2.05, 4.69) is 22.5 Å². The maximum atomic E-state index is 11.4. The van der Waals surface area contributed by atoms with E-state index in [0.29, 0.717) is 11.9 Å². The number of aryl methyl sites for hydroxylation is 1. The first-order valence-corrected chi connectivity index (χ1v) is 5.30. The predicted octanol–water partition coefficient (Wildman–Crippen LogP) is 1.93. The molecule has 4 nitrogen and oxygen atoms in total. The van der Waals surface area contributed by atoms with Gasteiger partial charge in [-0.2, -0.15) is 0 Å². The lowest BCUT2D eigenvalue weighted by Gasteiger charge is -2.06. The molecule has 15 heavy (non-hydrogen) atoms. The Morgan fingerprint density at radius 2 is 2.40 bits per heavy atom. The van der Waals surface area contributed by atoms with E-state index in [4.69, 9.17) is 0 Å². The van der Waals surface area contributed by atoms with Gasteiger partial charge in [-0.3, -0.25) is 5.32 Å². The highest BCUT2D eigenvalue weighted by Crippen LogP contribution is 2.18. The van der Waals surface area contributed by atoms with E-state index in [1.54, 1.807) is 6.20 Å². The van der Waals surface area contributed by atoms with E-state index in [0.717, 1.165) is 19.3 Å². The van der Waals surface area contributed by atoms with Crippen molar-refractivity contribution < 1.29 is 4.79 Å². The first-order chi connectivity index (χ1) is 7.28. The zero-order valence-corrected chi connectivity index (χ0v) is 8.79. The van der Waals surface area contributed by atoms with Crippen molar-refractivity contribution in [2.45, 2.75) is 32.2 Å². The van der Waals surface area contributed by atoms with E-state index in [-0.39, 0.29) is 6.03 Å². The molecule has 1 fully saturated rings. The number of carbonyl (C=O) groups excluding carboxylic acids is 1. The Hall–Kier alpha value is -1.58. The molecule has 0 radical (unpaired) electrons. The summed E-state index contributed by atoms with van der Waals surface area (Å²) in [5, 5.41) is 5.58. The second kappa shape index (κ2) is 4.29. The SMILES string of the molecule is CCc1ccnc(NC(=O)NC2CC2)c1. The lowest BCUT2D eigenvalue weighted by Crippen LogP contribution is -2.30. The van der Waals surface area contributed by atoms with Crippen LogP contribution < -0.4 is 10.6 Å². The molecule has 0 unspecified atom stereocenters. The molecule has 1 aliphatic rings. The van der Waals surface area contributed by atoms with Crippen LogP contribution in [0.3, 0.4) is 0 Å². The van der Waals surface area contributed by atoms with Gasteiger partial charge >= 0.3 is 6.03 Å². The molecule has 4 heteroatoms. The summed E-state index contributed by atoms with van der Waals surface area (Å²) in [6, 6.07) is 4.06. The van der Waals surface area contributed by atoms with E-state index in [1.807, 2.05) is 12.1 Å². The number of hydrogen-bond acceptors (Lipinski definition) is 2. The van der Waals surface area contributed by atoms with Crippen LogP contribution >= 0.6 is 0 Å². The van der Waals surface area contributed by atoms with Crippen molar-refractivity contribution >= 4 is 11.8 Å². The fourth-order valence-electron chi connectivity index (χ4n) is 1.33. The van der Waals surface area contributed by atoms with Crippen LogP contribution in [0.4, 0.5) is 10.6 Å². The number of rotatable bonds is 3. The van der Waals surface area contributed by atoms with Crippen LogP contribution in [-0.2, 0) is 6.42 Å². The quantitative estimate of drug-likeness (QED) is 0.792. The van der Waals surface area contributed by atoms with Gasteiger partial charge in [-0.05, 0) is 37.0 Å². The van der Waals surface area contributed by atoms with Crippen LogP contribution in [0.1, 0.15) is 25.3 Å². The van der Waals surface area contributed by atoms with Crippen LogP contribution in [0, 0.1) is 0 Å². The zero-order chi connectivity index (χ0) is 10.7. The molecular formula is C11H15N3O. The second-order valence-electron chi connectivity index (χ2n) is 3.78. The molecule has 2 amide bonds. The number of pyridine rings is 1. The third-order valence-corrected chi connectivity index (χ3v) is 2.39. The third kappa shape index (κ3) is 2.94. The number of amides is 2. The van der Waals surface area contributed by atoms with Crippen molar-refractivity contribution in [3.05, 3.63) is 23.9 Å². The first kappa shape index (κ1) is 9.96. The summed E-state index contributed by atoms with van der Waals surface area (Å²) in [7, 11) is 0. The summed E-state index contributed by atoms with van der Waals surface area (Å²) in [6.45, 7) is 2.07. The van der Waals surface area contributed by atoms with Crippen molar-refractivity contribution in [2.24, 2.45) is 0 Å². The van der Waals surface area contributed by atoms with Gasteiger partial charge in [0.25, 0.3) is 0 Å². The van der Waals surface area contributed by atoms with Crippen molar-refractivity contribution in [3.8, 4) is 0 Å². The highest BCUT2D eigenvalue weighted by atomic mass is 16.2. The Kier molecular flexibility index (Phi) is 2.85. The van der Waals surface area contributed by atoms with Gasteiger partial charge in [0.1, 0.15) is 5.82 Å². The Morgan fingerprint density at radius 3 is 3.07 bits per heavy atom. The summed E-state index contributed by atoms with van der Waals surface area (Å²) < 4.78 is 0. The van der Waals surface area contributed by atoms with Crippen molar-refractivity contribution in [2.75, 3.05) is 5.32 Å². The number of nitrogens with zero attached hydrogens (tertiary/aromatic N) is 1. The molecule has 80 valence electrons. The maximum Gasteiger partial charge on any atom is 0.320 e. The first-order valence-electron chi connectivity index (χ1n) is 5.30. The number of hydrogen-bond donors (Lipinski definition) is 2. The van der Waals surface area contributed by atoms with Crippen LogP contribution in [0.25, 0.3) is 0 Å². The van der Waals surface area contributed by atoms with Gasteiger partial charge in [0.05, 0.1) is 0 Å². The number of anilines is 1. The smallest absolute Gasteiger partial charge is 0.320 e. The molecule has 0 aromatic carbocycles. The Morgan fingerprint density at radius 1 is 1.60 bits per heavy atom. The molecule has 2 N–H and O–H groups in total. The number of carbonyl (C=O) groups is 1. The van der Waals surface area contributed by atoms with Gasteiger partial charge in [0.2, 0.25) is 0 Å². The summed E-state index contributed by atoms with van der Waals surface area (Å²) in [5.41, 5.74) is 1.17. The van der Waals surface area contributed by atoms with Crippen LogP contribution in [0.5, 0.6) is 0 Å². The summed E-state index contributed by atoms with van der Waals surface area (Å²) >= 11 is 0. The molecule has 1 heterocycles. The summed E-state index contributed by atoms with van der Waals surface area (Å²) in [6.07, 6.45) is 4.85. The minimum Gasteiger partial charge on any atom is -0.335 e. The Balaban J connectivity index is 1.93. The van der Waals surface area contributed by atoms with Crippen molar-refractivity contribution in [1.29, 1.82) is 0 Å². The van der Waals surface area contributed by atoms with Gasteiger partial charge in [-0.15, -0.1) is 0 Å². The second-order valence-corrected chi connectivity index (χ2v) is 3.78. The molecule has 1 saturated carbocycles. The summed E-state index contributed by atoms with van der Waals surface area (Å²) in [4.78, 5) is 15.5. The highest BCUT2D eigenvalue weighted by Gasteiger charge is 2.23. The Bertz CT molecular complexity index is 361. The maximum absolute atomic E-state index is 11.4. The molecular weight excluding hydrogens is 190 g/mol. The fraction of sp³-hybridized carbons (Fsp3) is 0.455. The largest absolute Gasteiger partial charge is 0.335 e. The topological polar surface area (TPSA) is 54.0 Å². The van der Waals surface area contributed by atoms with Crippen LogP contribution in [0.2, 0.25) is 0 Å². The molecule has 1 aromatic rings. The number of urea groups is 1. The fourth-order valence-corrected chi connectivity index (χ4v) is 1.33. The molecule has 1 aliphatic carbocycles. The third-order valence-electron chi connectivity index (χ3n) is 2.39. The highest BCUT2D eigenvalue weighted by molar-refractivity contribution is 5.88. The predicted molar refractivity (Wildman–Crippen MR) is 58.8 cm³/mol. The molecule has 0 bridgehead atoms. The number of aromatic nitrogens is 1. The average Bonchev–Trinajstić information content (AvgIpc) is 3.02. The molecule has 0 atom stereocenters. The number of nitrogens with one attached hydrogen (secondary N) is 2. The Labute approximate surface area is 89.1 Å². The lowest BCUT2D eigenvalue weighted by molar-refractivity contribution is 0.251. The monoisotopic (exact) mass is 205 g/mol. The molecule has 1 aromatic heterocycles.